The number of carbonyl (C=O) groups is 2. The Morgan fingerprint density at radius 3 is 2.59 bits per heavy atom. The van der Waals surface area contributed by atoms with Gasteiger partial charge in [-0.15, -0.1) is 0 Å². The zero-order chi connectivity index (χ0) is 12.4. The summed E-state index contributed by atoms with van der Waals surface area (Å²) in [6, 6.07) is 5.39. The van der Waals surface area contributed by atoms with Crippen LogP contribution in [-0.4, -0.2) is 24.0 Å². The second-order valence-corrected chi connectivity index (χ2v) is 3.93. The van der Waals surface area contributed by atoms with Gasteiger partial charge < -0.3 is 26.3 Å². The Balaban J connectivity index is 2.02. The van der Waals surface area contributed by atoms with E-state index >= 15 is 0 Å². The van der Waals surface area contributed by atoms with Gasteiger partial charge in [-0.1, -0.05) is 0 Å². The minimum Gasteiger partial charge on any atom is -0.548 e. The number of aliphatic carboxylic acids is 1. The molecule has 0 aromatic heterocycles. The van der Waals surface area contributed by atoms with Crippen LogP contribution in [0.2, 0.25) is 0 Å². The van der Waals surface area contributed by atoms with Gasteiger partial charge in [-0.3, -0.25) is 4.79 Å². The van der Waals surface area contributed by atoms with Crippen molar-refractivity contribution in [1.29, 1.82) is 0 Å². The summed E-state index contributed by atoms with van der Waals surface area (Å²) in [6.07, 6.45) is 0.172. The largest absolute Gasteiger partial charge is 0.548 e. The zero-order valence-electron chi connectivity index (χ0n) is 8.97. The third kappa shape index (κ3) is 2.47. The lowest BCUT2D eigenvalue weighted by molar-refractivity contribution is -0.308. The number of carboxylic acid groups (broad SMARTS) is 1. The van der Waals surface area contributed by atoms with Crippen LogP contribution in [0.1, 0.15) is 6.42 Å². The molecule has 1 saturated heterocycles. The molecule has 2 rings (SSSR count). The molecule has 1 heterocycles. The molecule has 0 spiro atoms. The molecule has 17 heavy (non-hydrogen) atoms. The van der Waals surface area contributed by atoms with Crippen LogP contribution < -0.4 is 21.5 Å². The predicted octanol–water partition coefficient (Wildman–Crippen LogP) is -1.31. The molecule has 1 fully saturated rings. The maximum absolute atomic E-state index is 11.5. The maximum Gasteiger partial charge on any atom is 0.243 e. The number of carboxylic acids is 1. The van der Waals surface area contributed by atoms with E-state index in [0.717, 1.165) is 5.69 Å². The number of anilines is 2. The van der Waals surface area contributed by atoms with Gasteiger partial charge in [-0.25, -0.2) is 0 Å². The van der Waals surface area contributed by atoms with Crippen molar-refractivity contribution in [2.75, 3.05) is 11.1 Å². The fourth-order valence-electron chi connectivity index (χ4n) is 1.73. The summed E-state index contributed by atoms with van der Waals surface area (Å²) in [5.41, 5.74) is 6.88. The molecule has 1 aliphatic rings. The highest BCUT2D eigenvalue weighted by Crippen LogP contribution is 2.16. The number of hydrogen-bond acceptors (Lipinski definition) is 5. The standard InChI is InChI=1S/C11H13N3O3/c12-6-1-3-7(4-2-6)13-8-5-9(11(16)17)14-10(8)15/h1-4,8-9,13H,5,12H2,(H,14,15)(H,16,17)/p-1/t8-,9+/m1/s1. The van der Waals surface area contributed by atoms with Gasteiger partial charge in [0.2, 0.25) is 5.91 Å². The van der Waals surface area contributed by atoms with Gasteiger partial charge in [0.25, 0.3) is 0 Å². The Bertz CT molecular complexity index is 444. The second-order valence-electron chi connectivity index (χ2n) is 3.93. The Labute approximate surface area is 97.8 Å². The highest BCUT2D eigenvalue weighted by molar-refractivity contribution is 5.92. The van der Waals surface area contributed by atoms with Gasteiger partial charge in [0.15, 0.2) is 0 Å². The molecule has 0 radical (unpaired) electrons. The molecule has 1 aromatic rings. The normalized spacial score (nSPS) is 23.2. The lowest BCUT2D eigenvalue weighted by atomic mass is 10.1. The Hall–Kier alpha value is -2.24. The summed E-state index contributed by atoms with van der Waals surface area (Å²) in [7, 11) is 0. The number of hydrogen-bond donors (Lipinski definition) is 3. The smallest absolute Gasteiger partial charge is 0.243 e. The quantitative estimate of drug-likeness (QED) is 0.563. The first-order valence-electron chi connectivity index (χ1n) is 5.19. The van der Waals surface area contributed by atoms with E-state index in [-0.39, 0.29) is 12.3 Å². The van der Waals surface area contributed by atoms with E-state index < -0.39 is 18.1 Å². The van der Waals surface area contributed by atoms with Gasteiger partial charge in [-0.2, -0.15) is 0 Å². The van der Waals surface area contributed by atoms with Crippen molar-refractivity contribution in [3.63, 3.8) is 0 Å². The molecular formula is C11H12N3O3-. The first kappa shape index (κ1) is 11.3. The summed E-state index contributed by atoms with van der Waals surface area (Å²) in [5, 5.41) is 15.9. The molecular weight excluding hydrogens is 222 g/mol. The molecule has 1 aromatic carbocycles. The molecule has 0 aliphatic carbocycles. The summed E-state index contributed by atoms with van der Waals surface area (Å²) in [5.74, 6) is -1.60. The van der Waals surface area contributed by atoms with Gasteiger partial charge in [0, 0.05) is 17.8 Å². The Morgan fingerprint density at radius 1 is 1.41 bits per heavy atom. The van der Waals surface area contributed by atoms with E-state index in [2.05, 4.69) is 10.6 Å². The average molecular weight is 234 g/mol. The summed E-state index contributed by atoms with van der Waals surface area (Å²) in [4.78, 5) is 22.1. The highest BCUT2D eigenvalue weighted by Gasteiger charge is 2.32. The fraction of sp³-hybridized carbons (Fsp3) is 0.273. The average Bonchev–Trinajstić information content (AvgIpc) is 2.64. The van der Waals surface area contributed by atoms with E-state index in [4.69, 9.17) is 5.73 Å². The number of rotatable bonds is 3. The van der Waals surface area contributed by atoms with Crippen molar-refractivity contribution in [3.05, 3.63) is 24.3 Å². The minimum atomic E-state index is -1.26. The van der Waals surface area contributed by atoms with Crippen molar-refractivity contribution in [1.82, 2.24) is 5.32 Å². The molecule has 6 nitrogen and oxygen atoms in total. The van der Waals surface area contributed by atoms with E-state index in [1.54, 1.807) is 24.3 Å². The highest BCUT2D eigenvalue weighted by atomic mass is 16.4. The van der Waals surface area contributed by atoms with Gasteiger partial charge in [0.1, 0.15) is 6.04 Å². The van der Waals surface area contributed by atoms with E-state index in [1.807, 2.05) is 0 Å². The molecule has 0 bridgehead atoms. The molecule has 0 saturated carbocycles. The number of nitrogens with one attached hydrogen (secondary N) is 2. The number of carbonyl (C=O) groups excluding carboxylic acids is 2. The van der Waals surface area contributed by atoms with Crippen LogP contribution in [-0.2, 0) is 9.59 Å². The van der Waals surface area contributed by atoms with Crippen LogP contribution in [0.3, 0.4) is 0 Å². The third-order valence-electron chi connectivity index (χ3n) is 2.64. The Morgan fingerprint density at radius 2 is 2.06 bits per heavy atom. The molecule has 1 amide bonds. The zero-order valence-corrected chi connectivity index (χ0v) is 8.97. The SMILES string of the molecule is Nc1ccc(N[C@@H]2C[C@@H](C(=O)[O-])NC2=O)cc1. The number of benzene rings is 1. The molecule has 0 unspecified atom stereocenters. The lowest BCUT2D eigenvalue weighted by Crippen LogP contribution is -2.42. The van der Waals surface area contributed by atoms with Crippen LogP contribution in [0.15, 0.2) is 24.3 Å². The van der Waals surface area contributed by atoms with E-state index in [9.17, 15) is 14.7 Å². The summed E-state index contributed by atoms with van der Waals surface area (Å²) in [6.45, 7) is 0. The molecule has 2 atom stereocenters. The van der Waals surface area contributed by atoms with Gasteiger partial charge in [0.05, 0.1) is 12.0 Å². The lowest BCUT2D eigenvalue weighted by Gasteiger charge is -2.12. The first-order chi connectivity index (χ1) is 8.06. The Kier molecular flexibility index (Phi) is 2.86. The topological polar surface area (TPSA) is 107 Å². The third-order valence-corrected chi connectivity index (χ3v) is 2.64. The monoisotopic (exact) mass is 234 g/mol. The van der Waals surface area contributed by atoms with Crippen molar-refractivity contribution in [3.8, 4) is 0 Å². The molecule has 4 N–H and O–H groups in total. The van der Waals surface area contributed by atoms with Crippen molar-refractivity contribution in [2.24, 2.45) is 0 Å². The van der Waals surface area contributed by atoms with Crippen molar-refractivity contribution in [2.45, 2.75) is 18.5 Å². The van der Waals surface area contributed by atoms with Crippen molar-refractivity contribution >= 4 is 23.3 Å². The fourth-order valence-corrected chi connectivity index (χ4v) is 1.73. The molecule has 1 aliphatic heterocycles. The van der Waals surface area contributed by atoms with Crippen LogP contribution in [0.4, 0.5) is 11.4 Å². The van der Waals surface area contributed by atoms with Crippen LogP contribution in [0.25, 0.3) is 0 Å². The molecule has 90 valence electrons. The number of nitrogen functional groups attached to an aromatic ring is 1. The first-order valence-corrected chi connectivity index (χ1v) is 5.19. The number of amides is 1. The van der Waals surface area contributed by atoms with Crippen LogP contribution >= 0.6 is 0 Å². The summed E-state index contributed by atoms with van der Waals surface area (Å²) >= 11 is 0. The van der Waals surface area contributed by atoms with Gasteiger partial charge in [-0.05, 0) is 24.3 Å². The van der Waals surface area contributed by atoms with Gasteiger partial charge >= 0.3 is 0 Å². The minimum absolute atomic E-state index is 0.172. The van der Waals surface area contributed by atoms with E-state index in [1.165, 1.54) is 0 Å². The van der Waals surface area contributed by atoms with E-state index in [0.29, 0.717) is 5.69 Å². The van der Waals surface area contributed by atoms with Crippen molar-refractivity contribution < 1.29 is 14.7 Å². The second kappa shape index (κ2) is 4.32. The summed E-state index contributed by atoms with van der Waals surface area (Å²) < 4.78 is 0. The molecule has 6 heteroatoms. The predicted molar refractivity (Wildman–Crippen MR) is 59.8 cm³/mol. The maximum atomic E-state index is 11.5. The van der Waals surface area contributed by atoms with Crippen LogP contribution in [0.5, 0.6) is 0 Å². The number of nitrogens with two attached hydrogens (primary N) is 1. The van der Waals surface area contributed by atoms with Crippen LogP contribution in [0, 0.1) is 0 Å².